The third kappa shape index (κ3) is 5.32. The molecule has 2 heterocycles. The predicted octanol–water partition coefficient (Wildman–Crippen LogP) is 1.82. The molecule has 1 saturated heterocycles. The molecule has 27 heavy (non-hydrogen) atoms. The van der Waals surface area contributed by atoms with Gasteiger partial charge in [0.1, 0.15) is 5.75 Å². The Morgan fingerprint density at radius 1 is 1.11 bits per heavy atom. The number of ether oxygens (including phenoxy) is 1. The smallest absolute Gasteiger partial charge is 0.225 e. The minimum Gasteiger partial charge on any atom is -0.497 e. The van der Waals surface area contributed by atoms with Crippen molar-refractivity contribution in [1.82, 2.24) is 20.2 Å². The van der Waals surface area contributed by atoms with Crippen LogP contribution in [-0.4, -0.2) is 67.7 Å². The van der Waals surface area contributed by atoms with Gasteiger partial charge in [0.25, 0.3) is 0 Å². The van der Waals surface area contributed by atoms with Gasteiger partial charge in [0, 0.05) is 52.2 Å². The minimum atomic E-state index is 0.805. The van der Waals surface area contributed by atoms with E-state index in [0.717, 1.165) is 63.2 Å². The van der Waals surface area contributed by atoms with Crippen molar-refractivity contribution in [1.29, 1.82) is 0 Å². The maximum absolute atomic E-state index is 5.20. The molecule has 1 aromatic heterocycles. The van der Waals surface area contributed by atoms with Crippen LogP contribution < -0.4 is 15.0 Å². The molecule has 1 aromatic carbocycles. The molecule has 0 atom stereocenters. The third-order valence-corrected chi connectivity index (χ3v) is 4.71. The molecule has 7 heteroatoms. The number of nitrogens with zero attached hydrogens (tertiary/aromatic N) is 5. The maximum atomic E-state index is 5.20. The van der Waals surface area contributed by atoms with E-state index in [1.54, 1.807) is 19.5 Å². The number of methoxy groups -OCH3 is 1. The number of benzene rings is 1. The molecule has 1 N–H and O–H groups in total. The van der Waals surface area contributed by atoms with Crippen molar-refractivity contribution >= 4 is 11.9 Å². The number of aryl methyl sites for hydroxylation is 1. The summed E-state index contributed by atoms with van der Waals surface area (Å²) < 4.78 is 5.20. The second-order valence-electron chi connectivity index (χ2n) is 6.45. The van der Waals surface area contributed by atoms with E-state index in [4.69, 9.17) is 4.74 Å². The number of guanidine groups is 1. The highest BCUT2D eigenvalue weighted by atomic mass is 16.5. The van der Waals surface area contributed by atoms with Gasteiger partial charge in [-0.2, -0.15) is 0 Å². The summed E-state index contributed by atoms with van der Waals surface area (Å²) >= 11 is 0. The highest BCUT2D eigenvalue weighted by Crippen LogP contribution is 2.12. The van der Waals surface area contributed by atoms with Gasteiger partial charge in [0.15, 0.2) is 5.96 Å². The lowest BCUT2D eigenvalue weighted by Gasteiger charge is -2.36. The first kappa shape index (κ1) is 18.9. The number of piperazine rings is 1. The third-order valence-electron chi connectivity index (χ3n) is 4.71. The SMILES string of the molecule is CN=C(NCCCc1ccc(OC)cc1)N1CCN(c2ncccn2)CC1. The maximum Gasteiger partial charge on any atom is 0.225 e. The van der Waals surface area contributed by atoms with Crippen LogP contribution in [0.5, 0.6) is 5.75 Å². The van der Waals surface area contributed by atoms with Gasteiger partial charge >= 0.3 is 0 Å². The first-order valence-corrected chi connectivity index (χ1v) is 9.40. The molecule has 0 radical (unpaired) electrons. The molecule has 144 valence electrons. The zero-order chi connectivity index (χ0) is 18.9. The lowest BCUT2D eigenvalue weighted by atomic mass is 10.1. The number of hydrogen-bond acceptors (Lipinski definition) is 5. The fourth-order valence-corrected chi connectivity index (χ4v) is 3.19. The Morgan fingerprint density at radius 2 is 1.81 bits per heavy atom. The summed E-state index contributed by atoms with van der Waals surface area (Å²) in [6, 6.07) is 10.1. The number of aromatic nitrogens is 2. The van der Waals surface area contributed by atoms with Gasteiger partial charge in [-0.25, -0.2) is 9.97 Å². The van der Waals surface area contributed by atoms with Crippen molar-refractivity contribution in [2.45, 2.75) is 12.8 Å². The normalized spacial score (nSPS) is 15.0. The Hall–Kier alpha value is -2.83. The summed E-state index contributed by atoms with van der Waals surface area (Å²) in [4.78, 5) is 17.6. The summed E-state index contributed by atoms with van der Waals surface area (Å²) in [5, 5.41) is 3.49. The van der Waals surface area contributed by atoms with Crippen molar-refractivity contribution in [2.24, 2.45) is 4.99 Å². The minimum absolute atomic E-state index is 0.805. The van der Waals surface area contributed by atoms with Crippen LogP contribution in [0, 0.1) is 0 Å². The Kier molecular flexibility index (Phi) is 6.84. The van der Waals surface area contributed by atoms with Crippen molar-refractivity contribution in [3.05, 3.63) is 48.3 Å². The molecule has 1 fully saturated rings. The molecule has 0 bridgehead atoms. The number of aliphatic imine (C=N–C) groups is 1. The lowest BCUT2D eigenvalue weighted by molar-refractivity contribution is 0.370. The van der Waals surface area contributed by atoms with Crippen LogP contribution in [0.15, 0.2) is 47.7 Å². The fraction of sp³-hybridized carbons (Fsp3) is 0.450. The molecule has 3 rings (SSSR count). The van der Waals surface area contributed by atoms with E-state index in [1.807, 2.05) is 25.2 Å². The van der Waals surface area contributed by atoms with Crippen LogP contribution in [0.1, 0.15) is 12.0 Å². The predicted molar refractivity (Wildman–Crippen MR) is 108 cm³/mol. The zero-order valence-electron chi connectivity index (χ0n) is 16.1. The first-order chi connectivity index (χ1) is 13.3. The molecule has 0 saturated carbocycles. The highest BCUT2D eigenvalue weighted by molar-refractivity contribution is 5.80. The number of hydrogen-bond donors (Lipinski definition) is 1. The van der Waals surface area contributed by atoms with Gasteiger partial charge in [0.2, 0.25) is 5.95 Å². The Morgan fingerprint density at radius 3 is 2.44 bits per heavy atom. The van der Waals surface area contributed by atoms with Gasteiger partial charge in [-0.3, -0.25) is 4.99 Å². The molecule has 0 spiro atoms. The van der Waals surface area contributed by atoms with E-state index < -0.39 is 0 Å². The van der Waals surface area contributed by atoms with Crippen LogP contribution in [0.2, 0.25) is 0 Å². The van der Waals surface area contributed by atoms with E-state index in [2.05, 4.69) is 42.2 Å². The summed E-state index contributed by atoms with van der Waals surface area (Å²) in [7, 11) is 3.54. The average molecular weight is 368 g/mol. The van der Waals surface area contributed by atoms with Gasteiger partial charge < -0.3 is 19.9 Å². The largest absolute Gasteiger partial charge is 0.497 e. The molecule has 0 amide bonds. The summed E-state index contributed by atoms with van der Waals surface area (Å²) in [6.07, 6.45) is 5.67. The molecule has 1 aliphatic rings. The Bertz CT molecular complexity index is 711. The number of rotatable bonds is 6. The fourth-order valence-electron chi connectivity index (χ4n) is 3.19. The molecule has 0 unspecified atom stereocenters. The van der Waals surface area contributed by atoms with Gasteiger partial charge in [-0.05, 0) is 36.6 Å². The highest BCUT2D eigenvalue weighted by Gasteiger charge is 2.20. The Balaban J connectivity index is 1.40. The quantitative estimate of drug-likeness (QED) is 0.477. The van der Waals surface area contributed by atoms with E-state index >= 15 is 0 Å². The first-order valence-electron chi connectivity index (χ1n) is 9.40. The summed E-state index contributed by atoms with van der Waals surface area (Å²) in [5.41, 5.74) is 1.32. The molecule has 0 aliphatic carbocycles. The van der Waals surface area contributed by atoms with E-state index in [1.165, 1.54) is 5.56 Å². The number of nitrogens with one attached hydrogen (secondary N) is 1. The molecule has 1 aliphatic heterocycles. The van der Waals surface area contributed by atoms with E-state index in [9.17, 15) is 0 Å². The standard InChI is InChI=1S/C20H28N6O/c1-21-19(22-10-3-5-17-6-8-18(27-2)9-7-17)25-13-15-26(16-14-25)20-23-11-4-12-24-20/h4,6-9,11-12H,3,5,10,13-16H2,1-2H3,(H,21,22). The Labute approximate surface area is 161 Å². The molecule has 2 aromatic rings. The molecular weight excluding hydrogens is 340 g/mol. The summed E-state index contributed by atoms with van der Waals surface area (Å²) in [6.45, 7) is 4.53. The van der Waals surface area contributed by atoms with Gasteiger partial charge in [-0.1, -0.05) is 12.1 Å². The van der Waals surface area contributed by atoms with Crippen molar-refractivity contribution in [3.63, 3.8) is 0 Å². The van der Waals surface area contributed by atoms with Gasteiger partial charge in [-0.15, -0.1) is 0 Å². The monoisotopic (exact) mass is 368 g/mol. The lowest BCUT2D eigenvalue weighted by Crippen LogP contribution is -2.53. The summed E-state index contributed by atoms with van der Waals surface area (Å²) in [5.74, 6) is 2.68. The second-order valence-corrected chi connectivity index (χ2v) is 6.45. The zero-order valence-corrected chi connectivity index (χ0v) is 16.1. The van der Waals surface area contributed by atoms with Gasteiger partial charge in [0.05, 0.1) is 7.11 Å². The molecular formula is C20H28N6O. The average Bonchev–Trinajstić information content (AvgIpc) is 2.75. The molecule has 7 nitrogen and oxygen atoms in total. The van der Waals surface area contributed by atoms with Crippen molar-refractivity contribution < 1.29 is 4.74 Å². The van der Waals surface area contributed by atoms with Crippen LogP contribution in [0.4, 0.5) is 5.95 Å². The topological polar surface area (TPSA) is 65.9 Å². The van der Waals surface area contributed by atoms with Crippen LogP contribution in [0.25, 0.3) is 0 Å². The van der Waals surface area contributed by atoms with Crippen LogP contribution in [-0.2, 0) is 6.42 Å². The van der Waals surface area contributed by atoms with Crippen molar-refractivity contribution in [3.8, 4) is 5.75 Å². The number of anilines is 1. The van der Waals surface area contributed by atoms with Crippen molar-refractivity contribution in [2.75, 3.05) is 51.8 Å². The van der Waals surface area contributed by atoms with E-state index in [-0.39, 0.29) is 0 Å². The second kappa shape index (κ2) is 9.75. The van der Waals surface area contributed by atoms with Crippen LogP contribution >= 0.6 is 0 Å². The van der Waals surface area contributed by atoms with E-state index in [0.29, 0.717) is 0 Å². The van der Waals surface area contributed by atoms with Crippen LogP contribution in [0.3, 0.4) is 0 Å².